The van der Waals surface area contributed by atoms with Gasteiger partial charge in [-0.3, -0.25) is 19.3 Å². The van der Waals surface area contributed by atoms with E-state index in [1.165, 1.54) is 16.9 Å². The maximum absolute atomic E-state index is 12.8. The molecule has 5 rings (SSSR count). The molecular formula is C25H29N5O3S. The Bertz CT molecular complexity index is 1240. The first-order chi connectivity index (χ1) is 16.6. The van der Waals surface area contributed by atoms with Crippen molar-refractivity contribution in [1.82, 2.24) is 25.1 Å². The molecule has 1 saturated heterocycles. The number of carbonyl (C=O) groups excluding carboxylic acids is 2. The van der Waals surface area contributed by atoms with Gasteiger partial charge in [0.1, 0.15) is 10.7 Å². The first-order valence-corrected chi connectivity index (χ1v) is 12.8. The van der Waals surface area contributed by atoms with Gasteiger partial charge in [0.2, 0.25) is 5.91 Å². The Morgan fingerprint density at radius 1 is 1.06 bits per heavy atom. The summed E-state index contributed by atoms with van der Waals surface area (Å²) in [4.78, 5) is 51.5. The summed E-state index contributed by atoms with van der Waals surface area (Å²) in [6.07, 6.45) is 4.64. The fourth-order valence-electron chi connectivity index (χ4n) is 4.78. The number of amides is 2. The summed E-state index contributed by atoms with van der Waals surface area (Å²) >= 11 is 1.67. The van der Waals surface area contributed by atoms with Crippen molar-refractivity contribution in [3.05, 3.63) is 62.5 Å². The van der Waals surface area contributed by atoms with E-state index in [9.17, 15) is 14.4 Å². The number of aromatic amines is 1. The van der Waals surface area contributed by atoms with E-state index in [2.05, 4.69) is 15.2 Å². The summed E-state index contributed by atoms with van der Waals surface area (Å²) in [5.41, 5.74) is 1.78. The second-order valence-corrected chi connectivity index (χ2v) is 10.0. The van der Waals surface area contributed by atoms with E-state index in [1.54, 1.807) is 23.5 Å². The molecule has 2 aliphatic rings. The molecule has 2 amide bonds. The Morgan fingerprint density at radius 2 is 1.82 bits per heavy atom. The number of nitrogens with one attached hydrogen (secondary N) is 2. The number of hydrogen-bond donors (Lipinski definition) is 2. The number of thiophene rings is 1. The van der Waals surface area contributed by atoms with E-state index in [-0.39, 0.29) is 23.8 Å². The summed E-state index contributed by atoms with van der Waals surface area (Å²) in [5.74, 6) is 0.577. The molecule has 34 heavy (non-hydrogen) atoms. The average molecular weight is 480 g/mol. The van der Waals surface area contributed by atoms with Gasteiger partial charge >= 0.3 is 0 Å². The molecular weight excluding hydrogens is 450 g/mol. The standard InChI is InChI=1S/C25H29N5O3S/c31-21(10-11-26-23(32)17-6-2-1-3-7-17)30-14-12-29(13-15-30)16-20-27-24(33)22-18-8-4-5-9-19(18)34-25(22)28-20/h1-3,6-7H,4-5,8-16H2,(H,26,32)(H,27,28,33). The number of benzene rings is 1. The number of piperazine rings is 1. The number of H-pyrrole nitrogens is 1. The molecule has 0 spiro atoms. The predicted octanol–water partition coefficient (Wildman–Crippen LogP) is 2.33. The number of nitrogens with zero attached hydrogens (tertiary/aromatic N) is 3. The third kappa shape index (κ3) is 4.90. The lowest BCUT2D eigenvalue weighted by atomic mass is 9.97. The van der Waals surface area contributed by atoms with Crippen molar-refractivity contribution >= 4 is 33.4 Å². The lowest BCUT2D eigenvalue weighted by Crippen LogP contribution is -2.49. The number of aromatic nitrogens is 2. The van der Waals surface area contributed by atoms with Crippen LogP contribution in [0.1, 0.15) is 45.9 Å². The summed E-state index contributed by atoms with van der Waals surface area (Å²) in [5, 5.41) is 3.60. The fraction of sp³-hybridized carbons (Fsp3) is 0.440. The minimum Gasteiger partial charge on any atom is -0.352 e. The van der Waals surface area contributed by atoms with Crippen molar-refractivity contribution in [2.24, 2.45) is 0 Å². The molecule has 3 heterocycles. The Balaban J connectivity index is 1.11. The molecule has 2 aromatic heterocycles. The number of carbonyl (C=O) groups is 2. The molecule has 8 nitrogen and oxygen atoms in total. The largest absolute Gasteiger partial charge is 0.352 e. The topological polar surface area (TPSA) is 98.4 Å². The third-order valence-corrected chi connectivity index (χ3v) is 7.82. The van der Waals surface area contributed by atoms with Crippen LogP contribution in [-0.4, -0.2) is 64.3 Å². The second kappa shape index (κ2) is 10.1. The highest BCUT2D eigenvalue weighted by Crippen LogP contribution is 2.33. The summed E-state index contributed by atoms with van der Waals surface area (Å²) in [6.45, 7) is 3.61. The van der Waals surface area contributed by atoms with Gasteiger partial charge in [-0.15, -0.1) is 11.3 Å². The molecule has 0 atom stereocenters. The first-order valence-electron chi connectivity index (χ1n) is 12.0. The Labute approximate surface area is 202 Å². The summed E-state index contributed by atoms with van der Waals surface area (Å²) in [7, 11) is 0. The van der Waals surface area contributed by atoms with Crippen LogP contribution in [0.25, 0.3) is 10.2 Å². The van der Waals surface area contributed by atoms with Crippen molar-refractivity contribution in [3.63, 3.8) is 0 Å². The van der Waals surface area contributed by atoms with E-state index in [0.717, 1.165) is 42.6 Å². The molecule has 1 fully saturated rings. The number of fused-ring (bicyclic) bond motifs is 3. The van der Waals surface area contributed by atoms with Gasteiger partial charge < -0.3 is 15.2 Å². The van der Waals surface area contributed by atoms with Crippen LogP contribution in [0.3, 0.4) is 0 Å². The summed E-state index contributed by atoms with van der Waals surface area (Å²) in [6, 6.07) is 9.00. The van der Waals surface area contributed by atoms with Crippen molar-refractivity contribution in [1.29, 1.82) is 0 Å². The minimum absolute atomic E-state index is 0.0224. The normalized spacial score (nSPS) is 16.4. The van der Waals surface area contributed by atoms with E-state index in [1.807, 2.05) is 23.1 Å². The van der Waals surface area contributed by atoms with Gasteiger partial charge in [0, 0.05) is 49.6 Å². The first kappa shape index (κ1) is 22.7. The van der Waals surface area contributed by atoms with Crippen molar-refractivity contribution in [2.75, 3.05) is 32.7 Å². The van der Waals surface area contributed by atoms with Gasteiger partial charge in [0.05, 0.1) is 11.9 Å². The molecule has 0 radical (unpaired) electrons. The fourth-order valence-corrected chi connectivity index (χ4v) is 6.06. The number of aryl methyl sites for hydroxylation is 2. The zero-order valence-corrected chi connectivity index (χ0v) is 20.0. The average Bonchev–Trinajstić information content (AvgIpc) is 3.24. The van der Waals surface area contributed by atoms with Crippen LogP contribution in [0.4, 0.5) is 0 Å². The highest BCUT2D eigenvalue weighted by Gasteiger charge is 2.23. The van der Waals surface area contributed by atoms with Crippen LogP contribution < -0.4 is 10.9 Å². The van der Waals surface area contributed by atoms with E-state index in [4.69, 9.17) is 4.98 Å². The lowest BCUT2D eigenvalue weighted by molar-refractivity contribution is -0.132. The quantitative estimate of drug-likeness (QED) is 0.566. The van der Waals surface area contributed by atoms with Gasteiger partial charge in [-0.05, 0) is 43.4 Å². The monoisotopic (exact) mass is 479 g/mol. The smallest absolute Gasteiger partial charge is 0.259 e. The minimum atomic E-state index is -0.164. The zero-order chi connectivity index (χ0) is 23.5. The summed E-state index contributed by atoms with van der Waals surface area (Å²) < 4.78 is 0. The molecule has 1 aromatic carbocycles. The van der Waals surface area contributed by atoms with Crippen LogP contribution in [0.5, 0.6) is 0 Å². The molecule has 0 saturated carbocycles. The highest BCUT2D eigenvalue weighted by atomic mass is 32.1. The molecule has 9 heteroatoms. The van der Waals surface area contributed by atoms with Gasteiger partial charge in [-0.1, -0.05) is 18.2 Å². The van der Waals surface area contributed by atoms with Gasteiger partial charge in [-0.25, -0.2) is 4.98 Å². The van der Waals surface area contributed by atoms with E-state index in [0.29, 0.717) is 37.6 Å². The molecule has 178 valence electrons. The van der Waals surface area contributed by atoms with Gasteiger partial charge in [0.25, 0.3) is 11.5 Å². The van der Waals surface area contributed by atoms with E-state index >= 15 is 0 Å². The van der Waals surface area contributed by atoms with Crippen molar-refractivity contribution in [2.45, 2.75) is 38.6 Å². The molecule has 1 aliphatic heterocycles. The maximum Gasteiger partial charge on any atom is 0.259 e. The van der Waals surface area contributed by atoms with Crippen LogP contribution in [0.2, 0.25) is 0 Å². The highest BCUT2D eigenvalue weighted by molar-refractivity contribution is 7.18. The van der Waals surface area contributed by atoms with Crippen molar-refractivity contribution < 1.29 is 9.59 Å². The zero-order valence-electron chi connectivity index (χ0n) is 19.1. The van der Waals surface area contributed by atoms with Crippen LogP contribution >= 0.6 is 11.3 Å². The second-order valence-electron chi connectivity index (χ2n) is 8.93. The van der Waals surface area contributed by atoms with Crippen LogP contribution in [0, 0.1) is 0 Å². The van der Waals surface area contributed by atoms with Gasteiger partial charge in [0.15, 0.2) is 0 Å². The van der Waals surface area contributed by atoms with Crippen molar-refractivity contribution in [3.8, 4) is 0 Å². The Morgan fingerprint density at radius 3 is 2.62 bits per heavy atom. The lowest BCUT2D eigenvalue weighted by Gasteiger charge is -2.34. The van der Waals surface area contributed by atoms with Crippen LogP contribution in [0.15, 0.2) is 35.1 Å². The molecule has 2 N–H and O–H groups in total. The van der Waals surface area contributed by atoms with Gasteiger partial charge in [-0.2, -0.15) is 0 Å². The molecule has 0 bridgehead atoms. The number of rotatable bonds is 6. The maximum atomic E-state index is 12.8. The van der Waals surface area contributed by atoms with E-state index < -0.39 is 0 Å². The predicted molar refractivity (Wildman–Crippen MR) is 132 cm³/mol. The molecule has 3 aromatic rings. The Kier molecular flexibility index (Phi) is 6.73. The van der Waals surface area contributed by atoms with Crippen LogP contribution in [-0.2, 0) is 24.2 Å². The molecule has 1 aliphatic carbocycles. The molecule has 0 unspecified atom stereocenters. The number of hydrogen-bond acceptors (Lipinski definition) is 6. The third-order valence-electron chi connectivity index (χ3n) is 6.63. The SMILES string of the molecule is O=C(NCCC(=O)N1CCN(Cc2nc3sc4c(c3c(=O)[nH]2)CCCC4)CC1)c1ccccc1. The Hall–Kier alpha value is -3.04.